The highest BCUT2D eigenvalue weighted by atomic mass is 35.5. The van der Waals surface area contributed by atoms with Gasteiger partial charge in [-0.3, -0.25) is 4.79 Å². The maximum absolute atomic E-state index is 11.8. The fourth-order valence-corrected chi connectivity index (χ4v) is 2.25. The molecule has 5 nitrogen and oxygen atoms in total. The van der Waals surface area contributed by atoms with Crippen LogP contribution in [0.1, 0.15) is 22.5 Å². The smallest absolute Gasteiger partial charge is 0.263 e. The number of nitrogens with two attached hydrogens (primary N) is 1. The minimum Gasteiger partial charge on any atom is -0.462 e. The van der Waals surface area contributed by atoms with E-state index in [1.165, 1.54) is 11.3 Å². The molecule has 2 aromatic heterocycles. The van der Waals surface area contributed by atoms with Crippen molar-refractivity contribution < 1.29 is 9.21 Å². The topological polar surface area (TPSA) is 81.1 Å². The highest BCUT2D eigenvalue weighted by molar-refractivity contribution is 7.16. The second-order valence-corrected chi connectivity index (χ2v) is 4.79. The highest BCUT2D eigenvalue weighted by Gasteiger charge is 2.12. The number of furan rings is 1. The maximum atomic E-state index is 11.8. The third-order valence-electron chi connectivity index (χ3n) is 2.38. The van der Waals surface area contributed by atoms with Gasteiger partial charge in [0.15, 0.2) is 10.8 Å². The Morgan fingerprint density at radius 1 is 1.40 bits per heavy atom. The van der Waals surface area contributed by atoms with Gasteiger partial charge in [0.25, 0.3) is 5.91 Å². The minimum absolute atomic E-state index is 0. The van der Waals surface area contributed by atoms with Crippen molar-refractivity contribution >= 4 is 42.1 Å². The summed E-state index contributed by atoms with van der Waals surface area (Å²) in [5.41, 5.74) is 5.38. The molecule has 0 saturated heterocycles. The summed E-state index contributed by atoms with van der Waals surface area (Å²) in [6.45, 7) is 1.29. The molecule has 112 valence electrons. The van der Waals surface area contributed by atoms with Gasteiger partial charge < -0.3 is 15.5 Å². The molecule has 0 aliphatic rings. The first-order valence-electron chi connectivity index (χ1n) is 5.79. The molecule has 20 heavy (non-hydrogen) atoms. The third-order valence-corrected chi connectivity index (χ3v) is 3.39. The Hall–Kier alpha value is -1.08. The zero-order valence-electron chi connectivity index (χ0n) is 10.7. The van der Waals surface area contributed by atoms with E-state index in [1.807, 2.05) is 6.07 Å². The number of thiazole rings is 1. The van der Waals surface area contributed by atoms with Crippen molar-refractivity contribution in [1.82, 2.24) is 10.3 Å². The first kappa shape index (κ1) is 18.9. The van der Waals surface area contributed by atoms with Gasteiger partial charge in [0.2, 0.25) is 0 Å². The summed E-state index contributed by atoms with van der Waals surface area (Å²) >= 11 is 1.32. The molecule has 0 aliphatic heterocycles. The van der Waals surface area contributed by atoms with Gasteiger partial charge in [0, 0.05) is 6.54 Å². The van der Waals surface area contributed by atoms with Crippen molar-refractivity contribution in [3.63, 3.8) is 0 Å². The van der Waals surface area contributed by atoms with Crippen molar-refractivity contribution in [2.45, 2.75) is 12.8 Å². The summed E-state index contributed by atoms with van der Waals surface area (Å²) in [5.74, 6) is 0.588. The van der Waals surface area contributed by atoms with Crippen molar-refractivity contribution in [1.29, 1.82) is 0 Å². The van der Waals surface area contributed by atoms with E-state index < -0.39 is 0 Å². The molecule has 0 saturated carbocycles. The number of hydrogen-bond acceptors (Lipinski definition) is 5. The summed E-state index contributed by atoms with van der Waals surface area (Å²) in [5, 5.41) is 3.55. The van der Waals surface area contributed by atoms with Gasteiger partial charge in [-0.1, -0.05) is 0 Å². The molecular weight excluding hydrogens is 321 g/mol. The number of nitrogens with one attached hydrogen (secondary N) is 1. The van der Waals surface area contributed by atoms with E-state index in [0.717, 1.165) is 12.8 Å². The van der Waals surface area contributed by atoms with Crippen LogP contribution in [0.2, 0.25) is 0 Å². The molecule has 2 aromatic rings. The van der Waals surface area contributed by atoms with Crippen LogP contribution in [0, 0.1) is 0 Å². The van der Waals surface area contributed by atoms with Crippen LogP contribution in [-0.2, 0) is 0 Å². The average molecular weight is 338 g/mol. The van der Waals surface area contributed by atoms with E-state index in [-0.39, 0.29) is 30.7 Å². The van der Waals surface area contributed by atoms with Crippen molar-refractivity contribution in [2.24, 2.45) is 5.73 Å². The molecule has 0 aromatic carbocycles. The van der Waals surface area contributed by atoms with Gasteiger partial charge in [-0.15, -0.1) is 36.2 Å². The van der Waals surface area contributed by atoms with Crippen LogP contribution in [0.5, 0.6) is 0 Å². The number of halogens is 2. The second-order valence-electron chi connectivity index (χ2n) is 3.76. The minimum atomic E-state index is -0.0951. The van der Waals surface area contributed by atoms with Crippen LogP contribution < -0.4 is 11.1 Å². The van der Waals surface area contributed by atoms with E-state index in [4.69, 9.17) is 10.2 Å². The van der Waals surface area contributed by atoms with Gasteiger partial charge in [0.05, 0.1) is 12.5 Å². The predicted octanol–water partition coefficient (Wildman–Crippen LogP) is 2.72. The quantitative estimate of drug-likeness (QED) is 0.794. The summed E-state index contributed by atoms with van der Waals surface area (Å²) in [7, 11) is 0. The molecule has 0 fully saturated rings. The standard InChI is InChI=1S/C12H15N3O2S.2ClH/c13-5-1-2-6-14-11(16)10-8-15-12(18-10)9-4-3-7-17-9;;/h3-4,7-8H,1-2,5-6,13H2,(H,14,16);2*1H. The molecule has 0 atom stereocenters. The number of carbonyl (C=O) groups excluding carboxylic acids is 1. The largest absolute Gasteiger partial charge is 0.462 e. The number of aromatic nitrogens is 1. The van der Waals surface area contributed by atoms with Gasteiger partial charge in [-0.05, 0) is 31.5 Å². The number of carbonyl (C=O) groups is 1. The molecular formula is C12H17Cl2N3O2S. The summed E-state index contributed by atoms with van der Waals surface area (Å²) in [6.07, 6.45) is 4.97. The normalized spacial score (nSPS) is 9.45. The highest BCUT2D eigenvalue weighted by Crippen LogP contribution is 2.25. The Morgan fingerprint density at radius 2 is 2.20 bits per heavy atom. The van der Waals surface area contributed by atoms with Gasteiger partial charge in [-0.2, -0.15) is 0 Å². The molecule has 2 heterocycles. The van der Waals surface area contributed by atoms with Crippen LogP contribution in [-0.4, -0.2) is 24.0 Å². The van der Waals surface area contributed by atoms with E-state index >= 15 is 0 Å². The predicted molar refractivity (Wildman–Crippen MR) is 84.9 cm³/mol. The first-order chi connectivity index (χ1) is 8.81. The van der Waals surface area contributed by atoms with Crippen molar-refractivity contribution in [3.05, 3.63) is 29.5 Å². The molecule has 1 amide bonds. The zero-order valence-corrected chi connectivity index (χ0v) is 13.2. The van der Waals surface area contributed by atoms with Gasteiger partial charge in [-0.25, -0.2) is 4.98 Å². The first-order valence-corrected chi connectivity index (χ1v) is 6.61. The number of amides is 1. The molecule has 3 N–H and O–H groups in total. The number of hydrogen-bond donors (Lipinski definition) is 2. The van der Waals surface area contributed by atoms with Gasteiger partial charge >= 0.3 is 0 Å². The van der Waals surface area contributed by atoms with Gasteiger partial charge in [0.1, 0.15) is 4.88 Å². The van der Waals surface area contributed by atoms with E-state index in [0.29, 0.717) is 28.7 Å². The van der Waals surface area contributed by atoms with Crippen LogP contribution >= 0.6 is 36.2 Å². The van der Waals surface area contributed by atoms with Crippen LogP contribution in [0.25, 0.3) is 10.8 Å². The average Bonchev–Trinajstić information content (AvgIpc) is 3.03. The Morgan fingerprint density at radius 3 is 2.85 bits per heavy atom. The molecule has 8 heteroatoms. The summed E-state index contributed by atoms with van der Waals surface area (Å²) < 4.78 is 5.23. The molecule has 0 spiro atoms. The molecule has 0 unspecified atom stereocenters. The van der Waals surface area contributed by atoms with Crippen LogP contribution in [0.3, 0.4) is 0 Å². The fourth-order valence-electron chi connectivity index (χ4n) is 1.45. The van der Waals surface area contributed by atoms with E-state index in [2.05, 4.69) is 10.3 Å². The monoisotopic (exact) mass is 337 g/mol. The lowest BCUT2D eigenvalue weighted by atomic mass is 10.3. The Bertz CT molecular complexity index is 503. The van der Waals surface area contributed by atoms with Crippen molar-refractivity contribution in [2.75, 3.05) is 13.1 Å². The second kappa shape index (κ2) is 9.77. The molecule has 0 radical (unpaired) electrons. The third kappa shape index (κ3) is 5.13. The number of unbranched alkanes of at least 4 members (excludes halogenated alkanes) is 1. The Balaban J connectivity index is 0.00000180. The number of rotatable bonds is 6. The lowest BCUT2D eigenvalue weighted by Gasteiger charge is -2.01. The summed E-state index contributed by atoms with van der Waals surface area (Å²) in [6, 6.07) is 3.62. The van der Waals surface area contributed by atoms with Crippen molar-refractivity contribution in [3.8, 4) is 10.8 Å². The molecule has 0 bridgehead atoms. The molecule has 2 rings (SSSR count). The Labute approximate surface area is 133 Å². The lowest BCUT2D eigenvalue weighted by molar-refractivity contribution is 0.0957. The fraction of sp³-hybridized carbons (Fsp3) is 0.333. The molecule has 0 aliphatic carbocycles. The summed E-state index contributed by atoms with van der Waals surface area (Å²) in [4.78, 5) is 16.5. The van der Waals surface area contributed by atoms with Crippen LogP contribution in [0.15, 0.2) is 29.0 Å². The number of nitrogens with zero attached hydrogens (tertiary/aromatic N) is 1. The lowest BCUT2D eigenvalue weighted by Crippen LogP contribution is -2.23. The van der Waals surface area contributed by atoms with E-state index in [9.17, 15) is 4.79 Å². The zero-order chi connectivity index (χ0) is 12.8. The SMILES string of the molecule is Cl.Cl.NCCCCNC(=O)c1cnc(-c2ccco2)s1. The van der Waals surface area contributed by atoms with E-state index in [1.54, 1.807) is 18.5 Å². The maximum Gasteiger partial charge on any atom is 0.263 e. The van der Waals surface area contributed by atoms with Crippen LogP contribution in [0.4, 0.5) is 0 Å². The Kier molecular flexibility index (Phi) is 9.24.